The molecule has 0 rings (SSSR count). The van der Waals surface area contributed by atoms with E-state index in [1.807, 2.05) is 0 Å². The predicted molar refractivity (Wildman–Crippen MR) is 114 cm³/mol. The normalized spacial score (nSPS) is 13.8. The van der Waals surface area contributed by atoms with Crippen LogP contribution in [-0.4, -0.2) is 4.87 Å². The molecule has 2 heteroatoms. The van der Waals surface area contributed by atoms with Gasteiger partial charge < -0.3 is 6.15 Å². The molecule has 0 saturated heterocycles. The molecule has 0 bridgehead atoms. The molecule has 1 atom stereocenters. The summed E-state index contributed by atoms with van der Waals surface area (Å²) in [4.78, 5) is 0.0425. The van der Waals surface area contributed by atoms with E-state index in [-0.39, 0.29) is 11.0 Å². The molecule has 0 aromatic heterocycles. The Hall–Kier alpha value is -0.0100. The molecule has 0 aromatic rings. The lowest BCUT2D eigenvalue weighted by atomic mass is 9.99. The van der Waals surface area contributed by atoms with Crippen molar-refractivity contribution in [3.8, 4) is 0 Å². The van der Waals surface area contributed by atoms with Gasteiger partial charge in [-0.2, -0.15) is 0 Å². The molecule has 0 aliphatic heterocycles. The molecule has 0 aliphatic rings. The minimum Gasteiger partial charge on any atom is -0.344 e. The van der Waals surface area contributed by atoms with Gasteiger partial charge in [0.25, 0.3) is 0 Å². The third kappa shape index (κ3) is 20.0. The van der Waals surface area contributed by atoms with Gasteiger partial charge in [-0.05, 0) is 45.4 Å². The first-order valence-corrected chi connectivity index (χ1v) is 10.8. The van der Waals surface area contributed by atoms with Crippen LogP contribution in [-0.2, 0) is 0 Å². The predicted octanol–water partition coefficient (Wildman–Crippen LogP) is 8.98. The molecule has 0 fully saturated rings. The number of hydrogen-bond acceptors (Lipinski definition) is 1. The fraction of sp³-hybridized carbons (Fsp3) is 0.909. The minimum absolute atomic E-state index is 0. The Morgan fingerprint density at radius 2 is 1.08 bits per heavy atom. The third-order valence-corrected chi connectivity index (χ3v) is 5.40. The Morgan fingerprint density at radius 3 is 1.54 bits per heavy atom. The van der Waals surface area contributed by atoms with Crippen LogP contribution in [0.15, 0.2) is 12.2 Å². The maximum atomic E-state index is 6.38. The largest absolute Gasteiger partial charge is 0.344 e. The summed E-state index contributed by atoms with van der Waals surface area (Å²) in [5.41, 5.74) is 0. The molecule has 0 saturated carbocycles. The summed E-state index contributed by atoms with van der Waals surface area (Å²) in [5.74, 6) is 0. The van der Waals surface area contributed by atoms with Gasteiger partial charge in [0.05, 0.1) is 0 Å². The van der Waals surface area contributed by atoms with Crippen LogP contribution in [0.2, 0.25) is 0 Å². The Morgan fingerprint density at radius 1 is 0.667 bits per heavy atom. The molecule has 0 heterocycles. The Bertz CT molecular complexity index is 261. The second kappa shape index (κ2) is 19.3. The standard InChI is InChI=1S/C22H43Cl.H3N/c1-4-6-7-8-9-10-11-12-13-14-15-16-17-18-19-20-21-22(3,23)5-2;/h12-13H,4-11,14-21H2,1-3H3;1H3/b13-12+;. The van der Waals surface area contributed by atoms with Gasteiger partial charge in [-0.15, -0.1) is 11.6 Å². The van der Waals surface area contributed by atoms with E-state index in [1.54, 1.807) is 0 Å². The Balaban J connectivity index is 0. The van der Waals surface area contributed by atoms with Crippen molar-refractivity contribution < 1.29 is 0 Å². The summed E-state index contributed by atoms with van der Waals surface area (Å²) < 4.78 is 0. The molecule has 3 N–H and O–H groups in total. The van der Waals surface area contributed by atoms with E-state index in [0.717, 1.165) is 6.42 Å². The van der Waals surface area contributed by atoms with E-state index < -0.39 is 0 Å². The van der Waals surface area contributed by atoms with Crippen molar-refractivity contribution in [1.82, 2.24) is 6.15 Å². The average Bonchev–Trinajstić information content (AvgIpc) is 2.54. The van der Waals surface area contributed by atoms with E-state index in [1.165, 1.54) is 96.3 Å². The van der Waals surface area contributed by atoms with E-state index in [2.05, 4.69) is 32.9 Å². The van der Waals surface area contributed by atoms with Crippen molar-refractivity contribution >= 4 is 11.6 Å². The zero-order valence-corrected chi connectivity index (χ0v) is 17.8. The van der Waals surface area contributed by atoms with Crippen LogP contribution in [0.4, 0.5) is 0 Å². The summed E-state index contributed by atoms with van der Waals surface area (Å²) in [6.45, 7) is 6.64. The summed E-state index contributed by atoms with van der Waals surface area (Å²) in [7, 11) is 0. The van der Waals surface area contributed by atoms with Crippen LogP contribution < -0.4 is 6.15 Å². The zero-order chi connectivity index (χ0) is 17.2. The number of alkyl halides is 1. The van der Waals surface area contributed by atoms with Gasteiger partial charge in [-0.25, -0.2) is 0 Å². The summed E-state index contributed by atoms with van der Waals surface area (Å²) >= 11 is 6.38. The van der Waals surface area contributed by atoms with Gasteiger partial charge in [0, 0.05) is 4.87 Å². The molecule has 1 unspecified atom stereocenters. The summed E-state index contributed by atoms with van der Waals surface area (Å²) in [6, 6.07) is 0. The van der Waals surface area contributed by atoms with Gasteiger partial charge in [0.2, 0.25) is 0 Å². The number of unbranched alkanes of at least 4 members (excludes halogenated alkanes) is 12. The van der Waals surface area contributed by atoms with Gasteiger partial charge in [-0.3, -0.25) is 0 Å². The lowest BCUT2D eigenvalue weighted by molar-refractivity contribution is 0.499. The Labute approximate surface area is 158 Å². The summed E-state index contributed by atoms with van der Waals surface area (Å²) in [5, 5.41) is 0. The lowest BCUT2D eigenvalue weighted by Crippen LogP contribution is -2.13. The zero-order valence-electron chi connectivity index (χ0n) is 17.1. The van der Waals surface area contributed by atoms with Crippen LogP contribution in [0, 0.1) is 0 Å². The van der Waals surface area contributed by atoms with Crippen LogP contribution in [0.3, 0.4) is 0 Å². The highest BCUT2D eigenvalue weighted by Gasteiger charge is 2.16. The molecule has 0 amide bonds. The fourth-order valence-electron chi connectivity index (χ4n) is 2.92. The first-order valence-electron chi connectivity index (χ1n) is 10.5. The van der Waals surface area contributed by atoms with Gasteiger partial charge in [0.15, 0.2) is 0 Å². The van der Waals surface area contributed by atoms with Crippen LogP contribution >= 0.6 is 11.6 Å². The topological polar surface area (TPSA) is 35.0 Å². The van der Waals surface area contributed by atoms with Gasteiger partial charge in [-0.1, -0.05) is 90.2 Å². The summed E-state index contributed by atoms with van der Waals surface area (Å²) in [6.07, 6.45) is 26.3. The van der Waals surface area contributed by atoms with Gasteiger partial charge in [0.1, 0.15) is 0 Å². The molecule has 0 aliphatic carbocycles. The van der Waals surface area contributed by atoms with Crippen LogP contribution in [0.5, 0.6) is 0 Å². The molecule has 0 spiro atoms. The molecule has 0 aromatic carbocycles. The highest BCUT2D eigenvalue weighted by atomic mass is 35.5. The molecule has 146 valence electrons. The van der Waals surface area contributed by atoms with E-state index in [4.69, 9.17) is 11.6 Å². The fourth-order valence-corrected chi connectivity index (χ4v) is 3.05. The molecular formula is C22H46ClN. The Kier molecular flexibility index (Phi) is 21.1. The number of halogens is 1. The lowest BCUT2D eigenvalue weighted by Gasteiger charge is -2.19. The second-order valence-corrected chi connectivity index (χ2v) is 8.37. The third-order valence-electron chi connectivity index (χ3n) is 4.95. The number of allylic oxidation sites excluding steroid dienone is 2. The highest BCUT2D eigenvalue weighted by molar-refractivity contribution is 6.23. The minimum atomic E-state index is 0. The van der Waals surface area contributed by atoms with Gasteiger partial charge >= 0.3 is 0 Å². The van der Waals surface area contributed by atoms with E-state index in [0.29, 0.717) is 0 Å². The quantitative estimate of drug-likeness (QED) is 0.157. The molecule has 1 nitrogen and oxygen atoms in total. The first kappa shape index (κ1) is 26.2. The smallest absolute Gasteiger partial charge is 0.0416 e. The highest BCUT2D eigenvalue weighted by Crippen LogP contribution is 2.26. The van der Waals surface area contributed by atoms with Crippen molar-refractivity contribution in [3.05, 3.63) is 12.2 Å². The van der Waals surface area contributed by atoms with Crippen molar-refractivity contribution in [2.45, 2.75) is 128 Å². The van der Waals surface area contributed by atoms with E-state index in [9.17, 15) is 0 Å². The van der Waals surface area contributed by atoms with Crippen LogP contribution in [0.1, 0.15) is 124 Å². The number of rotatable bonds is 17. The monoisotopic (exact) mass is 359 g/mol. The molecule has 24 heavy (non-hydrogen) atoms. The van der Waals surface area contributed by atoms with Crippen LogP contribution in [0.25, 0.3) is 0 Å². The van der Waals surface area contributed by atoms with E-state index >= 15 is 0 Å². The van der Waals surface area contributed by atoms with Crippen molar-refractivity contribution in [2.75, 3.05) is 0 Å². The van der Waals surface area contributed by atoms with Crippen molar-refractivity contribution in [1.29, 1.82) is 0 Å². The first-order chi connectivity index (χ1) is 11.1. The SMILES string of the molecule is CCCCCCCC/C=C/CCCCCCCCC(C)(Cl)CC.N. The maximum Gasteiger partial charge on any atom is 0.0416 e. The second-order valence-electron chi connectivity index (χ2n) is 7.45. The number of hydrogen-bond donors (Lipinski definition) is 1. The van der Waals surface area contributed by atoms with Crippen molar-refractivity contribution in [2.24, 2.45) is 0 Å². The average molecular weight is 360 g/mol. The molecule has 0 radical (unpaired) electrons. The molecular weight excluding hydrogens is 314 g/mol. The van der Waals surface area contributed by atoms with Crippen molar-refractivity contribution in [3.63, 3.8) is 0 Å². The maximum absolute atomic E-state index is 6.38.